The minimum Gasteiger partial charge on any atom is -0.381 e. The van der Waals surface area contributed by atoms with Crippen LogP contribution in [0.25, 0.3) is 0 Å². The minimum atomic E-state index is 0.340. The van der Waals surface area contributed by atoms with Gasteiger partial charge < -0.3 is 11.1 Å². The van der Waals surface area contributed by atoms with Crippen molar-refractivity contribution in [1.29, 1.82) is 0 Å². The molecule has 2 nitrogen and oxygen atoms in total. The van der Waals surface area contributed by atoms with Crippen LogP contribution in [0.1, 0.15) is 12.5 Å². The predicted octanol–water partition coefficient (Wildman–Crippen LogP) is 1.75. The van der Waals surface area contributed by atoms with Crippen LogP contribution in [0, 0.1) is 6.92 Å². The van der Waals surface area contributed by atoms with Crippen LogP contribution >= 0.6 is 0 Å². The summed E-state index contributed by atoms with van der Waals surface area (Å²) in [4.78, 5) is 0. The van der Waals surface area contributed by atoms with Gasteiger partial charge in [-0.15, -0.1) is 0 Å². The number of anilines is 1. The zero-order chi connectivity index (χ0) is 8.97. The Balaban J connectivity index is 2.58. The highest BCUT2D eigenvalue weighted by atomic mass is 14.9. The van der Waals surface area contributed by atoms with Crippen molar-refractivity contribution in [3.05, 3.63) is 29.8 Å². The van der Waals surface area contributed by atoms with Gasteiger partial charge in [-0.05, 0) is 26.0 Å². The lowest BCUT2D eigenvalue weighted by molar-refractivity contribution is 0.804. The van der Waals surface area contributed by atoms with Gasteiger partial charge in [-0.3, -0.25) is 0 Å². The fourth-order valence-corrected chi connectivity index (χ4v) is 0.993. The van der Waals surface area contributed by atoms with E-state index in [9.17, 15) is 0 Å². The van der Waals surface area contributed by atoms with Crippen molar-refractivity contribution in [2.24, 2.45) is 5.73 Å². The molecule has 66 valence electrons. The molecule has 12 heavy (non-hydrogen) atoms. The first-order chi connectivity index (χ1) is 5.72. The van der Waals surface area contributed by atoms with E-state index >= 15 is 0 Å². The highest BCUT2D eigenvalue weighted by Crippen LogP contribution is 2.09. The van der Waals surface area contributed by atoms with Crippen LogP contribution in [0.15, 0.2) is 24.3 Å². The number of nitrogens with two attached hydrogens (primary N) is 1. The number of nitrogens with one attached hydrogen (secondary N) is 1. The molecule has 0 saturated heterocycles. The van der Waals surface area contributed by atoms with Gasteiger partial charge in [0.25, 0.3) is 0 Å². The molecule has 2 heteroatoms. The van der Waals surface area contributed by atoms with E-state index in [0.717, 1.165) is 5.69 Å². The SMILES string of the molecule is Cc1ccc(NC(C)CN)cc1. The minimum absolute atomic E-state index is 0.340. The van der Waals surface area contributed by atoms with E-state index in [-0.39, 0.29) is 0 Å². The molecule has 0 bridgehead atoms. The van der Waals surface area contributed by atoms with Crippen molar-refractivity contribution < 1.29 is 0 Å². The summed E-state index contributed by atoms with van der Waals surface area (Å²) < 4.78 is 0. The van der Waals surface area contributed by atoms with Gasteiger partial charge in [0, 0.05) is 18.3 Å². The summed E-state index contributed by atoms with van der Waals surface area (Å²) in [5.41, 5.74) is 7.90. The van der Waals surface area contributed by atoms with Crippen LogP contribution in [0.2, 0.25) is 0 Å². The lowest BCUT2D eigenvalue weighted by atomic mass is 10.2. The van der Waals surface area contributed by atoms with Gasteiger partial charge in [0.2, 0.25) is 0 Å². The molecular weight excluding hydrogens is 148 g/mol. The molecule has 1 rings (SSSR count). The Kier molecular flexibility index (Phi) is 3.11. The molecule has 0 fully saturated rings. The molecule has 1 aromatic rings. The van der Waals surface area contributed by atoms with E-state index in [2.05, 4.69) is 43.4 Å². The van der Waals surface area contributed by atoms with Gasteiger partial charge in [0.05, 0.1) is 0 Å². The Morgan fingerprint density at radius 1 is 1.33 bits per heavy atom. The van der Waals surface area contributed by atoms with Crippen molar-refractivity contribution in [3.8, 4) is 0 Å². The first-order valence-electron chi connectivity index (χ1n) is 4.25. The maximum absolute atomic E-state index is 5.49. The van der Waals surface area contributed by atoms with E-state index in [0.29, 0.717) is 12.6 Å². The lowest BCUT2D eigenvalue weighted by Crippen LogP contribution is -2.24. The largest absolute Gasteiger partial charge is 0.381 e. The summed E-state index contributed by atoms with van der Waals surface area (Å²) in [6.45, 7) is 4.81. The molecule has 3 N–H and O–H groups in total. The molecule has 1 atom stereocenters. The van der Waals surface area contributed by atoms with Crippen LogP contribution in [0.4, 0.5) is 5.69 Å². The summed E-state index contributed by atoms with van der Waals surface area (Å²) in [7, 11) is 0. The predicted molar refractivity (Wildman–Crippen MR) is 53.3 cm³/mol. The fourth-order valence-electron chi connectivity index (χ4n) is 0.993. The molecule has 0 spiro atoms. The number of aryl methyl sites for hydroxylation is 1. The molecular formula is C10H16N2. The zero-order valence-corrected chi connectivity index (χ0v) is 7.67. The molecule has 0 aliphatic carbocycles. The molecule has 0 aliphatic heterocycles. The fraction of sp³-hybridized carbons (Fsp3) is 0.400. The number of benzene rings is 1. The molecule has 1 aromatic carbocycles. The van der Waals surface area contributed by atoms with E-state index in [1.807, 2.05) is 0 Å². The smallest absolute Gasteiger partial charge is 0.0355 e. The van der Waals surface area contributed by atoms with Gasteiger partial charge in [-0.25, -0.2) is 0 Å². The number of hydrogen-bond donors (Lipinski definition) is 2. The van der Waals surface area contributed by atoms with Crippen molar-refractivity contribution >= 4 is 5.69 Å². The summed E-state index contributed by atoms with van der Waals surface area (Å²) in [6, 6.07) is 8.66. The summed E-state index contributed by atoms with van der Waals surface area (Å²) in [5, 5.41) is 3.29. The number of hydrogen-bond acceptors (Lipinski definition) is 2. The maximum Gasteiger partial charge on any atom is 0.0355 e. The average Bonchev–Trinajstić information content (AvgIpc) is 2.09. The summed E-state index contributed by atoms with van der Waals surface area (Å²) in [6.07, 6.45) is 0. The van der Waals surface area contributed by atoms with Crippen molar-refractivity contribution in [3.63, 3.8) is 0 Å². The Labute approximate surface area is 73.8 Å². The Morgan fingerprint density at radius 2 is 1.92 bits per heavy atom. The molecule has 0 aromatic heterocycles. The molecule has 0 aliphatic rings. The second-order valence-electron chi connectivity index (χ2n) is 3.15. The molecule has 0 saturated carbocycles. The third-order valence-corrected chi connectivity index (χ3v) is 1.82. The zero-order valence-electron chi connectivity index (χ0n) is 7.67. The highest BCUT2D eigenvalue weighted by Gasteiger charge is 1.96. The molecule has 1 unspecified atom stereocenters. The van der Waals surface area contributed by atoms with Gasteiger partial charge in [-0.2, -0.15) is 0 Å². The quantitative estimate of drug-likeness (QED) is 0.714. The van der Waals surface area contributed by atoms with Crippen LogP contribution in [-0.2, 0) is 0 Å². The summed E-state index contributed by atoms with van der Waals surface area (Å²) in [5.74, 6) is 0. The Bertz CT molecular complexity index is 228. The summed E-state index contributed by atoms with van der Waals surface area (Å²) >= 11 is 0. The maximum atomic E-state index is 5.49. The molecule has 0 radical (unpaired) electrons. The lowest BCUT2D eigenvalue weighted by Gasteiger charge is -2.12. The highest BCUT2D eigenvalue weighted by molar-refractivity contribution is 5.45. The molecule has 0 amide bonds. The van der Waals surface area contributed by atoms with Gasteiger partial charge in [0.1, 0.15) is 0 Å². The van der Waals surface area contributed by atoms with Crippen molar-refractivity contribution in [2.45, 2.75) is 19.9 Å². The topological polar surface area (TPSA) is 38.0 Å². The van der Waals surface area contributed by atoms with Crippen LogP contribution in [0.5, 0.6) is 0 Å². The van der Waals surface area contributed by atoms with Gasteiger partial charge in [-0.1, -0.05) is 17.7 Å². The second-order valence-corrected chi connectivity index (χ2v) is 3.15. The average molecular weight is 164 g/mol. The first kappa shape index (κ1) is 9.07. The normalized spacial score (nSPS) is 12.6. The Morgan fingerprint density at radius 3 is 2.42 bits per heavy atom. The van der Waals surface area contributed by atoms with E-state index in [1.54, 1.807) is 0 Å². The van der Waals surface area contributed by atoms with E-state index in [1.165, 1.54) is 5.56 Å². The van der Waals surface area contributed by atoms with Crippen LogP contribution in [0.3, 0.4) is 0 Å². The Hall–Kier alpha value is -1.02. The number of rotatable bonds is 3. The monoisotopic (exact) mass is 164 g/mol. The van der Waals surface area contributed by atoms with Gasteiger partial charge in [0.15, 0.2) is 0 Å². The van der Waals surface area contributed by atoms with E-state index in [4.69, 9.17) is 5.73 Å². The third kappa shape index (κ3) is 2.55. The van der Waals surface area contributed by atoms with Gasteiger partial charge >= 0.3 is 0 Å². The van der Waals surface area contributed by atoms with Crippen LogP contribution < -0.4 is 11.1 Å². The standard InChI is InChI=1S/C10H16N2/c1-8-3-5-10(6-4-8)12-9(2)7-11/h3-6,9,12H,7,11H2,1-2H3. The third-order valence-electron chi connectivity index (χ3n) is 1.82. The second kappa shape index (κ2) is 4.12. The first-order valence-corrected chi connectivity index (χ1v) is 4.25. The van der Waals surface area contributed by atoms with Crippen LogP contribution in [-0.4, -0.2) is 12.6 Å². The molecule has 0 heterocycles. The van der Waals surface area contributed by atoms with Crippen molar-refractivity contribution in [1.82, 2.24) is 0 Å². The van der Waals surface area contributed by atoms with Crippen molar-refractivity contribution in [2.75, 3.05) is 11.9 Å². The van der Waals surface area contributed by atoms with E-state index < -0.39 is 0 Å².